The summed E-state index contributed by atoms with van der Waals surface area (Å²) in [5.74, 6) is 1.18. The number of amides is 1. The molecule has 1 heterocycles. The summed E-state index contributed by atoms with van der Waals surface area (Å²) in [4.78, 5) is 14.5. The van der Waals surface area contributed by atoms with Crippen LogP contribution in [0, 0.1) is 11.3 Å². The third-order valence-corrected chi connectivity index (χ3v) is 4.18. The summed E-state index contributed by atoms with van der Waals surface area (Å²) >= 11 is 0. The molecule has 1 unspecified atom stereocenters. The first-order chi connectivity index (χ1) is 9.32. The van der Waals surface area contributed by atoms with Crippen molar-refractivity contribution in [3.05, 3.63) is 23.8 Å². The van der Waals surface area contributed by atoms with Gasteiger partial charge in [0.15, 0.2) is 0 Å². The van der Waals surface area contributed by atoms with Gasteiger partial charge in [0, 0.05) is 18.7 Å². The highest BCUT2D eigenvalue weighted by atomic mass is 16.5. The van der Waals surface area contributed by atoms with Crippen molar-refractivity contribution in [1.82, 2.24) is 4.90 Å². The number of carbonyl (C=O) groups excluding carboxylic acids is 1. The van der Waals surface area contributed by atoms with Crippen LogP contribution in [0.2, 0.25) is 0 Å². The number of hydrogen-bond donors (Lipinski definition) is 1. The molecule has 1 aromatic rings. The Balaban J connectivity index is 2.13. The van der Waals surface area contributed by atoms with E-state index in [9.17, 15) is 4.79 Å². The van der Waals surface area contributed by atoms with Crippen molar-refractivity contribution in [3.8, 4) is 5.75 Å². The molecule has 0 radical (unpaired) electrons. The maximum Gasteiger partial charge on any atom is 0.254 e. The zero-order valence-electron chi connectivity index (χ0n) is 12.8. The molecule has 4 nitrogen and oxygen atoms in total. The van der Waals surface area contributed by atoms with Crippen LogP contribution in [-0.4, -0.2) is 31.0 Å². The largest absolute Gasteiger partial charge is 0.495 e. The van der Waals surface area contributed by atoms with Gasteiger partial charge in [-0.05, 0) is 36.0 Å². The lowest BCUT2D eigenvalue weighted by molar-refractivity contribution is 0.0776. The zero-order valence-corrected chi connectivity index (χ0v) is 12.8. The molecule has 2 N–H and O–H groups in total. The molecule has 1 saturated heterocycles. The van der Waals surface area contributed by atoms with Gasteiger partial charge in [-0.1, -0.05) is 20.8 Å². The molecule has 0 aromatic heterocycles. The predicted octanol–water partition coefficient (Wildman–Crippen LogP) is 2.79. The van der Waals surface area contributed by atoms with Crippen LogP contribution in [-0.2, 0) is 0 Å². The number of methoxy groups -OCH3 is 1. The smallest absolute Gasteiger partial charge is 0.254 e. The van der Waals surface area contributed by atoms with Crippen molar-refractivity contribution >= 4 is 11.6 Å². The lowest BCUT2D eigenvalue weighted by Gasteiger charge is -2.27. The van der Waals surface area contributed by atoms with Crippen LogP contribution in [0.4, 0.5) is 5.69 Å². The second-order valence-electron chi connectivity index (χ2n) is 6.56. The molecule has 1 aliphatic heterocycles. The minimum Gasteiger partial charge on any atom is -0.495 e. The SMILES string of the molecule is COc1cc(C(=O)N2CCC(C(C)(C)C)C2)ccc1N. The molecule has 0 saturated carbocycles. The van der Waals surface area contributed by atoms with Crippen LogP contribution in [0.1, 0.15) is 37.6 Å². The monoisotopic (exact) mass is 276 g/mol. The molecule has 110 valence electrons. The van der Waals surface area contributed by atoms with Crippen molar-refractivity contribution in [2.24, 2.45) is 11.3 Å². The highest BCUT2D eigenvalue weighted by Crippen LogP contribution is 2.34. The molecule has 1 aromatic carbocycles. The van der Waals surface area contributed by atoms with Crippen LogP contribution in [0.25, 0.3) is 0 Å². The number of nitrogens with zero attached hydrogens (tertiary/aromatic N) is 1. The Morgan fingerprint density at radius 2 is 2.10 bits per heavy atom. The number of benzene rings is 1. The number of anilines is 1. The van der Waals surface area contributed by atoms with Gasteiger partial charge in [0.25, 0.3) is 5.91 Å². The molecule has 0 aliphatic carbocycles. The topological polar surface area (TPSA) is 55.6 Å². The Labute approximate surface area is 120 Å². The van der Waals surface area contributed by atoms with E-state index < -0.39 is 0 Å². The van der Waals surface area contributed by atoms with Crippen molar-refractivity contribution in [2.75, 3.05) is 25.9 Å². The van der Waals surface area contributed by atoms with Gasteiger partial charge in [0.05, 0.1) is 12.8 Å². The molecule has 2 rings (SSSR count). The molecule has 20 heavy (non-hydrogen) atoms. The van der Waals surface area contributed by atoms with E-state index in [1.165, 1.54) is 0 Å². The van der Waals surface area contributed by atoms with Gasteiger partial charge in [-0.3, -0.25) is 4.79 Å². The zero-order chi connectivity index (χ0) is 14.9. The number of hydrogen-bond acceptors (Lipinski definition) is 3. The summed E-state index contributed by atoms with van der Waals surface area (Å²) in [6.45, 7) is 8.36. The summed E-state index contributed by atoms with van der Waals surface area (Å²) in [5.41, 5.74) is 7.22. The minimum atomic E-state index is 0.0649. The first kappa shape index (κ1) is 14.7. The van der Waals surface area contributed by atoms with Crippen LogP contribution in [0.3, 0.4) is 0 Å². The average Bonchev–Trinajstić information content (AvgIpc) is 2.88. The van der Waals surface area contributed by atoms with Gasteiger partial charge in [0.1, 0.15) is 5.75 Å². The van der Waals surface area contributed by atoms with Crippen molar-refractivity contribution in [3.63, 3.8) is 0 Å². The standard InChI is InChI=1S/C16H24N2O2/c1-16(2,3)12-7-8-18(10-12)15(19)11-5-6-13(17)14(9-11)20-4/h5-6,9,12H,7-8,10,17H2,1-4H3. The summed E-state index contributed by atoms with van der Waals surface area (Å²) in [7, 11) is 1.56. The average molecular weight is 276 g/mol. The second-order valence-corrected chi connectivity index (χ2v) is 6.56. The Bertz CT molecular complexity index is 506. The number of carbonyl (C=O) groups is 1. The Hall–Kier alpha value is -1.71. The predicted molar refractivity (Wildman–Crippen MR) is 80.9 cm³/mol. The maximum atomic E-state index is 12.5. The Morgan fingerprint density at radius 1 is 1.40 bits per heavy atom. The van der Waals surface area contributed by atoms with E-state index in [2.05, 4.69) is 20.8 Å². The number of nitrogen functional groups attached to an aromatic ring is 1. The summed E-state index contributed by atoms with van der Waals surface area (Å²) in [6.07, 6.45) is 1.07. The fourth-order valence-electron chi connectivity index (χ4n) is 2.68. The van der Waals surface area contributed by atoms with Gasteiger partial charge in [0.2, 0.25) is 0 Å². The molecule has 4 heteroatoms. The first-order valence-corrected chi connectivity index (χ1v) is 7.05. The van der Waals surface area contributed by atoms with Crippen LogP contribution >= 0.6 is 0 Å². The number of rotatable bonds is 2. The van der Waals surface area contributed by atoms with Gasteiger partial charge in [-0.15, -0.1) is 0 Å². The third kappa shape index (κ3) is 2.89. The second kappa shape index (κ2) is 5.35. The van der Waals surface area contributed by atoms with Crippen LogP contribution < -0.4 is 10.5 Å². The van der Waals surface area contributed by atoms with Crippen molar-refractivity contribution in [2.45, 2.75) is 27.2 Å². The van der Waals surface area contributed by atoms with E-state index in [1.54, 1.807) is 25.3 Å². The summed E-state index contributed by atoms with van der Waals surface area (Å²) in [6, 6.07) is 5.22. The van der Waals surface area contributed by atoms with E-state index in [-0.39, 0.29) is 11.3 Å². The lowest BCUT2D eigenvalue weighted by Crippen LogP contribution is -2.31. The molecule has 0 bridgehead atoms. The van der Waals surface area contributed by atoms with Crippen LogP contribution in [0.5, 0.6) is 5.75 Å². The Kier molecular flexibility index (Phi) is 3.93. The first-order valence-electron chi connectivity index (χ1n) is 7.05. The Morgan fingerprint density at radius 3 is 2.65 bits per heavy atom. The van der Waals surface area contributed by atoms with Gasteiger partial charge < -0.3 is 15.4 Å². The number of nitrogens with two attached hydrogens (primary N) is 1. The number of likely N-dealkylation sites (tertiary alicyclic amines) is 1. The highest BCUT2D eigenvalue weighted by molar-refractivity contribution is 5.95. The van der Waals surface area contributed by atoms with Crippen molar-refractivity contribution in [1.29, 1.82) is 0 Å². The fourth-order valence-corrected chi connectivity index (χ4v) is 2.68. The summed E-state index contributed by atoms with van der Waals surface area (Å²) in [5, 5.41) is 0. The van der Waals surface area contributed by atoms with E-state index in [1.807, 2.05) is 4.90 Å². The van der Waals surface area contributed by atoms with E-state index >= 15 is 0 Å². The number of ether oxygens (including phenoxy) is 1. The fraction of sp³-hybridized carbons (Fsp3) is 0.562. The van der Waals surface area contributed by atoms with E-state index in [4.69, 9.17) is 10.5 Å². The molecular weight excluding hydrogens is 252 g/mol. The van der Waals surface area contributed by atoms with Gasteiger partial charge in [-0.2, -0.15) is 0 Å². The summed E-state index contributed by atoms with van der Waals surface area (Å²) < 4.78 is 5.18. The quantitative estimate of drug-likeness (QED) is 0.845. The maximum absolute atomic E-state index is 12.5. The van der Waals surface area contributed by atoms with Crippen LogP contribution in [0.15, 0.2) is 18.2 Å². The van der Waals surface area contributed by atoms with Gasteiger partial charge >= 0.3 is 0 Å². The minimum absolute atomic E-state index is 0.0649. The molecule has 1 atom stereocenters. The third-order valence-electron chi connectivity index (χ3n) is 4.18. The lowest BCUT2D eigenvalue weighted by atomic mass is 9.80. The van der Waals surface area contributed by atoms with E-state index in [0.717, 1.165) is 19.5 Å². The van der Waals surface area contributed by atoms with Crippen molar-refractivity contribution < 1.29 is 9.53 Å². The normalized spacial score (nSPS) is 19.2. The van der Waals surface area contributed by atoms with E-state index in [0.29, 0.717) is 22.9 Å². The highest BCUT2D eigenvalue weighted by Gasteiger charge is 2.34. The van der Waals surface area contributed by atoms with Gasteiger partial charge in [-0.25, -0.2) is 0 Å². The molecular formula is C16H24N2O2. The molecule has 1 aliphatic rings. The molecule has 1 fully saturated rings. The molecule has 0 spiro atoms. The molecule has 1 amide bonds.